The Morgan fingerprint density at radius 2 is 1.56 bits per heavy atom. The molecule has 0 aliphatic rings. The van der Waals surface area contributed by atoms with E-state index in [0.29, 0.717) is 11.3 Å². The van der Waals surface area contributed by atoms with Crippen LogP contribution in [0.2, 0.25) is 0 Å². The molecule has 9 nitrogen and oxygen atoms in total. The molecule has 3 rings (SSSR count). The van der Waals surface area contributed by atoms with Crippen LogP contribution in [0.3, 0.4) is 0 Å². The molecule has 3 aromatic rings. The molecule has 0 saturated heterocycles. The number of carbonyl (C=O) groups excluding carboxylic acids is 2. The third kappa shape index (κ3) is 7.70. The summed E-state index contributed by atoms with van der Waals surface area (Å²) in [6.45, 7) is -0.634. The van der Waals surface area contributed by atoms with Crippen LogP contribution in [0.25, 0.3) is 0 Å². The SMILES string of the molecule is CNC(=O)[C@H](Cc1ccccc1)N(Cc1ccc(F)cc1)C(=O)CN(c1ccc(OC)c(OC)c1)S(C)(=O)=O. The van der Waals surface area contributed by atoms with Crippen molar-refractivity contribution in [2.45, 2.75) is 19.0 Å². The number of sulfonamides is 1. The van der Waals surface area contributed by atoms with Gasteiger partial charge in [-0.05, 0) is 35.4 Å². The fourth-order valence-corrected chi connectivity index (χ4v) is 4.94. The van der Waals surface area contributed by atoms with Crippen molar-refractivity contribution in [2.75, 3.05) is 38.4 Å². The first-order valence-corrected chi connectivity index (χ1v) is 13.9. The zero-order valence-corrected chi connectivity index (χ0v) is 23.1. The van der Waals surface area contributed by atoms with Crippen LogP contribution >= 0.6 is 0 Å². The molecule has 0 aliphatic heterocycles. The lowest BCUT2D eigenvalue weighted by Gasteiger charge is -2.33. The number of methoxy groups -OCH3 is 2. The minimum absolute atomic E-state index is 0.0480. The first-order chi connectivity index (χ1) is 18.6. The molecule has 39 heavy (non-hydrogen) atoms. The van der Waals surface area contributed by atoms with E-state index in [4.69, 9.17) is 9.47 Å². The number of hydrogen-bond acceptors (Lipinski definition) is 6. The summed E-state index contributed by atoms with van der Waals surface area (Å²) in [4.78, 5) is 28.3. The van der Waals surface area contributed by atoms with Gasteiger partial charge in [-0.1, -0.05) is 42.5 Å². The van der Waals surface area contributed by atoms with Gasteiger partial charge in [0.25, 0.3) is 0 Å². The number of halogens is 1. The second-order valence-corrected chi connectivity index (χ2v) is 10.7. The molecule has 2 amide bonds. The first kappa shape index (κ1) is 29.4. The summed E-state index contributed by atoms with van der Waals surface area (Å²) in [6, 6.07) is 18.2. The van der Waals surface area contributed by atoms with Crippen LogP contribution in [0.4, 0.5) is 10.1 Å². The zero-order valence-electron chi connectivity index (χ0n) is 22.3. The van der Waals surface area contributed by atoms with E-state index in [1.165, 1.54) is 68.6 Å². The van der Waals surface area contributed by atoms with Gasteiger partial charge in [0.05, 0.1) is 26.2 Å². The van der Waals surface area contributed by atoms with Crippen LogP contribution in [-0.2, 0) is 32.6 Å². The fraction of sp³-hybridized carbons (Fsp3) is 0.286. The minimum atomic E-state index is -3.94. The molecule has 0 saturated carbocycles. The first-order valence-electron chi connectivity index (χ1n) is 12.1. The van der Waals surface area contributed by atoms with Crippen molar-refractivity contribution in [1.82, 2.24) is 10.2 Å². The standard InChI is InChI=1S/C28H32FN3O6S/c1-30-28(34)24(16-20-8-6-5-7-9-20)31(18-21-10-12-22(29)13-11-21)27(33)19-32(39(4,35)36)23-14-15-25(37-2)26(17-23)38-3/h5-15,17,24H,16,18-19H2,1-4H3,(H,30,34)/t24-/m0/s1. The third-order valence-electron chi connectivity index (χ3n) is 6.12. The van der Waals surface area contributed by atoms with Crippen molar-refractivity contribution in [3.05, 3.63) is 89.7 Å². The maximum Gasteiger partial charge on any atom is 0.244 e. The molecule has 0 heterocycles. The monoisotopic (exact) mass is 557 g/mol. The van der Waals surface area contributed by atoms with Crippen molar-refractivity contribution in [1.29, 1.82) is 0 Å². The topological polar surface area (TPSA) is 105 Å². The molecule has 3 aromatic carbocycles. The Hall–Kier alpha value is -4.12. The van der Waals surface area contributed by atoms with Gasteiger partial charge >= 0.3 is 0 Å². The van der Waals surface area contributed by atoms with Crippen LogP contribution in [-0.4, -0.2) is 65.2 Å². The van der Waals surface area contributed by atoms with Crippen molar-refractivity contribution in [2.24, 2.45) is 0 Å². The molecule has 208 valence electrons. The number of carbonyl (C=O) groups is 2. The highest BCUT2D eigenvalue weighted by Crippen LogP contribution is 2.32. The zero-order chi connectivity index (χ0) is 28.6. The molecule has 0 fully saturated rings. The van der Waals surface area contributed by atoms with Crippen molar-refractivity contribution in [3.8, 4) is 11.5 Å². The van der Waals surface area contributed by atoms with Crippen LogP contribution < -0.4 is 19.1 Å². The number of rotatable bonds is 12. The van der Waals surface area contributed by atoms with Gasteiger partial charge in [0.2, 0.25) is 21.8 Å². The highest BCUT2D eigenvalue weighted by molar-refractivity contribution is 7.92. The summed E-state index contributed by atoms with van der Waals surface area (Å²) in [5.41, 5.74) is 1.57. The van der Waals surface area contributed by atoms with Gasteiger partial charge in [-0.15, -0.1) is 0 Å². The number of amides is 2. The van der Waals surface area contributed by atoms with Gasteiger partial charge < -0.3 is 19.7 Å². The van der Waals surface area contributed by atoms with Crippen molar-refractivity contribution in [3.63, 3.8) is 0 Å². The van der Waals surface area contributed by atoms with E-state index < -0.39 is 40.2 Å². The second-order valence-electron chi connectivity index (χ2n) is 8.78. The smallest absolute Gasteiger partial charge is 0.244 e. The molecular formula is C28H32FN3O6S. The minimum Gasteiger partial charge on any atom is -0.493 e. The normalized spacial score (nSPS) is 11.8. The van der Waals surface area contributed by atoms with Gasteiger partial charge in [-0.2, -0.15) is 0 Å². The summed E-state index contributed by atoms with van der Waals surface area (Å²) >= 11 is 0. The van der Waals surface area contributed by atoms with Crippen LogP contribution in [0.5, 0.6) is 11.5 Å². The van der Waals surface area contributed by atoms with E-state index in [2.05, 4.69) is 5.32 Å². The molecule has 0 spiro atoms. The van der Waals surface area contributed by atoms with E-state index in [9.17, 15) is 22.4 Å². The van der Waals surface area contributed by atoms with E-state index >= 15 is 0 Å². The summed E-state index contributed by atoms with van der Waals surface area (Å²) in [7, 11) is 0.394. The maximum absolute atomic E-state index is 13.9. The summed E-state index contributed by atoms with van der Waals surface area (Å²) in [6.07, 6.45) is 1.17. The number of hydrogen-bond donors (Lipinski definition) is 1. The lowest BCUT2D eigenvalue weighted by molar-refractivity contribution is -0.139. The Labute approximate surface area is 228 Å². The molecular weight excluding hydrogens is 525 g/mol. The van der Waals surface area contributed by atoms with Gasteiger partial charge in [0.15, 0.2) is 11.5 Å². The molecule has 0 unspecified atom stereocenters. The fourth-order valence-electron chi connectivity index (χ4n) is 4.10. The summed E-state index contributed by atoms with van der Waals surface area (Å²) in [5, 5.41) is 2.60. The number of benzene rings is 3. The van der Waals surface area contributed by atoms with Crippen LogP contribution in [0, 0.1) is 5.82 Å². The Morgan fingerprint density at radius 1 is 0.923 bits per heavy atom. The Morgan fingerprint density at radius 3 is 2.13 bits per heavy atom. The summed E-state index contributed by atoms with van der Waals surface area (Å²) in [5.74, 6) is -0.816. The third-order valence-corrected chi connectivity index (χ3v) is 7.26. The average molecular weight is 558 g/mol. The molecule has 1 atom stereocenters. The lowest BCUT2D eigenvalue weighted by atomic mass is 10.0. The highest BCUT2D eigenvalue weighted by Gasteiger charge is 2.32. The molecule has 0 aliphatic carbocycles. The second kappa shape index (κ2) is 13.1. The Balaban J connectivity index is 2.04. The molecule has 0 bridgehead atoms. The number of likely N-dealkylation sites (N-methyl/N-ethyl adjacent to an activating group) is 1. The summed E-state index contributed by atoms with van der Waals surface area (Å²) < 4.78 is 50.8. The number of ether oxygens (including phenoxy) is 2. The molecule has 0 aromatic heterocycles. The Bertz CT molecular complexity index is 1380. The maximum atomic E-state index is 13.9. The largest absolute Gasteiger partial charge is 0.493 e. The number of anilines is 1. The predicted molar refractivity (Wildman–Crippen MR) is 147 cm³/mol. The number of nitrogens with zero attached hydrogens (tertiary/aromatic N) is 2. The van der Waals surface area contributed by atoms with E-state index in [1.807, 2.05) is 30.3 Å². The van der Waals surface area contributed by atoms with E-state index in [1.54, 1.807) is 0 Å². The van der Waals surface area contributed by atoms with Gasteiger partial charge in [0, 0.05) is 26.1 Å². The van der Waals surface area contributed by atoms with Gasteiger partial charge in [0.1, 0.15) is 18.4 Å². The number of nitrogens with one attached hydrogen (secondary N) is 1. The van der Waals surface area contributed by atoms with Crippen molar-refractivity contribution < 1.29 is 31.9 Å². The quantitative estimate of drug-likeness (QED) is 0.367. The average Bonchev–Trinajstić information content (AvgIpc) is 2.93. The van der Waals surface area contributed by atoms with E-state index in [0.717, 1.165) is 16.1 Å². The van der Waals surface area contributed by atoms with Gasteiger partial charge in [-0.3, -0.25) is 13.9 Å². The van der Waals surface area contributed by atoms with Crippen molar-refractivity contribution >= 4 is 27.5 Å². The molecule has 1 N–H and O–H groups in total. The van der Waals surface area contributed by atoms with Gasteiger partial charge in [-0.25, -0.2) is 12.8 Å². The predicted octanol–water partition coefficient (Wildman–Crippen LogP) is 3.00. The highest BCUT2D eigenvalue weighted by atomic mass is 32.2. The Kier molecular flexibility index (Phi) is 9.89. The molecule has 11 heteroatoms. The lowest BCUT2D eigenvalue weighted by Crippen LogP contribution is -2.52. The van der Waals surface area contributed by atoms with E-state index in [-0.39, 0.29) is 24.4 Å². The van der Waals surface area contributed by atoms with Crippen LogP contribution in [0.15, 0.2) is 72.8 Å². The molecule has 0 radical (unpaired) electrons. The van der Waals surface area contributed by atoms with Crippen LogP contribution in [0.1, 0.15) is 11.1 Å².